The molecule has 0 aliphatic rings. The highest BCUT2D eigenvalue weighted by Crippen LogP contribution is 2.18. The van der Waals surface area contributed by atoms with Gasteiger partial charge in [0.2, 0.25) is 0 Å². The van der Waals surface area contributed by atoms with E-state index in [1.165, 1.54) is 0 Å². The summed E-state index contributed by atoms with van der Waals surface area (Å²) in [4.78, 5) is 4.42. The van der Waals surface area contributed by atoms with Crippen LogP contribution in [0.5, 0.6) is 5.75 Å². The maximum Gasteiger partial charge on any atom is 0.119 e. The Kier molecular flexibility index (Phi) is 4.13. The van der Waals surface area contributed by atoms with Gasteiger partial charge in [-0.05, 0) is 43.7 Å². The van der Waals surface area contributed by atoms with Gasteiger partial charge in [-0.1, -0.05) is 30.3 Å². The van der Waals surface area contributed by atoms with Gasteiger partial charge in [0.15, 0.2) is 0 Å². The first-order valence-electron chi connectivity index (χ1n) is 6.10. The molecule has 2 aromatic rings. The quantitative estimate of drug-likeness (QED) is 0.732. The number of ether oxygens (including phenoxy) is 1. The Morgan fingerprint density at radius 2 is 1.61 bits per heavy atom. The average molecular weight is 239 g/mol. The molecular weight excluding hydrogens is 222 g/mol. The molecule has 2 nitrogen and oxygen atoms in total. The van der Waals surface area contributed by atoms with Gasteiger partial charge in [0, 0.05) is 6.21 Å². The van der Waals surface area contributed by atoms with E-state index >= 15 is 0 Å². The monoisotopic (exact) mass is 239 g/mol. The molecule has 0 aromatic heterocycles. The predicted molar refractivity (Wildman–Crippen MR) is 75.9 cm³/mol. The van der Waals surface area contributed by atoms with E-state index in [9.17, 15) is 0 Å². The summed E-state index contributed by atoms with van der Waals surface area (Å²) in [6, 6.07) is 17.8. The highest BCUT2D eigenvalue weighted by Gasteiger charge is 1.96. The summed E-state index contributed by atoms with van der Waals surface area (Å²) in [6.07, 6.45) is 2.06. The van der Waals surface area contributed by atoms with Crippen LogP contribution in [0, 0.1) is 0 Å². The Balaban J connectivity index is 2.04. The smallest absolute Gasteiger partial charge is 0.119 e. The summed E-state index contributed by atoms with van der Waals surface area (Å²) >= 11 is 0. The summed E-state index contributed by atoms with van der Waals surface area (Å²) in [5.41, 5.74) is 2.02. The third-order valence-electron chi connectivity index (χ3n) is 2.37. The van der Waals surface area contributed by atoms with Crippen molar-refractivity contribution in [3.8, 4) is 5.75 Å². The van der Waals surface area contributed by atoms with E-state index in [0.29, 0.717) is 0 Å². The summed E-state index contributed by atoms with van der Waals surface area (Å²) in [5.74, 6) is 0.878. The summed E-state index contributed by atoms with van der Waals surface area (Å²) in [6.45, 7) is 4.03. The van der Waals surface area contributed by atoms with E-state index in [-0.39, 0.29) is 6.10 Å². The Morgan fingerprint density at radius 3 is 2.22 bits per heavy atom. The molecule has 0 aliphatic carbocycles. The van der Waals surface area contributed by atoms with Gasteiger partial charge >= 0.3 is 0 Å². The van der Waals surface area contributed by atoms with Gasteiger partial charge in [0.25, 0.3) is 0 Å². The molecule has 0 unspecified atom stereocenters. The molecule has 0 saturated carbocycles. The molecule has 0 heterocycles. The van der Waals surface area contributed by atoms with Crippen molar-refractivity contribution < 1.29 is 4.74 Å². The van der Waals surface area contributed by atoms with E-state index in [2.05, 4.69) is 4.99 Å². The van der Waals surface area contributed by atoms with Crippen molar-refractivity contribution in [1.29, 1.82) is 0 Å². The fourth-order valence-electron chi connectivity index (χ4n) is 1.57. The molecule has 2 heteroatoms. The third kappa shape index (κ3) is 3.74. The molecule has 2 aromatic carbocycles. The summed E-state index contributed by atoms with van der Waals surface area (Å²) in [5, 5.41) is 0. The molecule has 92 valence electrons. The Morgan fingerprint density at radius 1 is 0.944 bits per heavy atom. The molecule has 0 N–H and O–H groups in total. The lowest BCUT2D eigenvalue weighted by molar-refractivity contribution is 0.242. The molecular formula is C16H17NO. The van der Waals surface area contributed by atoms with Crippen LogP contribution >= 0.6 is 0 Å². The number of hydrogen-bond donors (Lipinski definition) is 0. The lowest BCUT2D eigenvalue weighted by atomic mass is 10.2. The molecule has 0 amide bonds. The van der Waals surface area contributed by atoms with Crippen molar-refractivity contribution in [2.75, 3.05) is 0 Å². The van der Waals surface area contributed by atoms with Crippen LogP contribution < -0.4 is 4.74 Å². The summed E-state index contributed by atoms with van der Waals surface area (Å²) in [7, 11) is 0. The molecule has 0 radical (unpaired) electrons. The van der Waals surface area contributed by atoms with Gasteiger partial charge in [-0.25, -0.2) is 0 Å². The SMILES string of the molecule is CC(C)Oc1ccc(N=Cc2ccccc2)cc1. The van der Waals surface area contributed by atoms with E-state index in [1.807, 2.05) is 74.7 Å². The summed E-state index contributed by atoms with van der Waals surface area (Å²) < 4.78 is 5.58. The van der Waals surface area contributed by atoms with Gasteiger partial charge in [-0.3, -0.25) is 4.99 Å². The number of hydrogen-bond acceptors (Lipinski definition) is 2. The Bertz CT molecular complexity index is 500. The van der Waals surface area contributed by atoms with Crippen LogP contribution in [-0.4, -0.2) is 12.3 Å². The van der Waals surface area contributed by atoms with Crippen LogP contribution in [0.15, 0.2) is 59.6 Å². The third-order valence-corrected chi connectivity index (χ3v) is 2.37. The zero-order chi connectivity index (χ0) is 12.8. The van der Waals surface area contributed by atoms with Gasteiger partial charge < -0.3 is 4.74 Å². The fourth-order valence-corrected chi connectivity index (χ4v) is 1.57. The van der Waals surface area contributed by atoms with Crippen LogP contribution in [0.2, 0.25) is 0 Å². The van der Waals surface area contributed by atoms with Crippen molar-refractivity contribution >= 4 is 11.9 Å². The Labute approximate surface area is 108 Å². The minimum Gasteiger partial charge on any atom is -0.491 e. The zero-order valence-electron chi connectivity index (χ0n) is 10.7. The van der Waals surface area contributed by atoms with E-state index in [1.54, 1.807) is 0 Å². The molecule has 18 heavy (non-hydrogen) atoms. The van der Waals surface area contributed by atoms with Gasteiger partial charge in [0.05, 0.1) is 11.8 Å². The number of rotatable bonds is 4. The first kappa shape index (κ1) is 12.4. The second kappa shape index (κ2) is 6.01. The molecule has 0 spiro atoms. The normalized spacial score (nSPS) is 11.1. The van der Waals surface area contributed by atoms with Crippen LogP contribution in [0.4, 0.5) is 5.69 Å². The lowest BCUT2D eigenvalue weighted by Crippen LogP contribution is -2.04. The topological polar surface area (TPSA) is 21.6 Å². The zero-order valence-corrected chi connectivity index (χ0v) is 10.7. The fraction of sp³-hybridized carbons (Fsp3) is 0.188. The first-order valence-corrected chi connectivity index (χ1v) is 6.10. The van der Waals surface area contributed by atoms with Crippen LogP contribution in [0.1, 0.15) is 19.4 Å². The number of benzene rings is 2. The van der Waals surface area contributed by atoms with E-state index in [4.69, 9.17) is 4.74 Å². The maximum atomic E-state index is 5.58. The average Bonchev–Trinajstić information content (AvgIpc) is 2.38. The minimum atomic E-state index is 0.198. The predicted octanol–water partition coefficient (Wildman–Crippen LogP) is 4.22. The van der Waals surface area contributed by atoms with E-state index in [0.717, 1.165) is 17.0 Å². The van der Waals surface area contributed by atoms with Gasteiger partial charge in [-0.2, -0.15) is 0 Å². The first-order chi connectivity index (χ1) is 8.74. The van der Waals surface area contributed by atoms with Crippen LogP contribution in [-0.2, 0) is 0 Å². The van der Waals surface area contributed by atoms with Crippen molar-refractivity contribution in [3.05, 3.63) is 60.2 Å². The molecule has 0 bridgehead atoms. The van der Waals surface area contributed by atoms with Crippen molar-refractivity contribution in [2.24, 2.45) is 4.99 Å². The molecule has 0 fully saturated rings. The lowest BCUT2D eigenvalue weighted by Gasteiger charge is -2.08. The van der Waals surface area contributed by atoms with Crippen molar-refractivity contribution in [3.63, 3.8) is 0 Å². The second-order valence-corrected chi connectivity index (χ2v) is 4.33. The molecule has 0 atom stereocenters. The van der Waals surface area contributed by atoms with Crippen molar-refractivity contribution in [2.45, 2.75) is 20.0 Å². The van der Waals surface area contributed by atoms with Crippen molar-refractivity contribution in [1.82, 2.24) is 0 Å². The largest absolute Gasteiger partial charge is 0.491 e. The minimum absolute atomic E-state index is 0.198. The maximum absolute atomic E-state index is 5.58. The van der Waals surface area contributed by atoms with Crippen LogP contribution in [0.25, 0.3) is 0 Å². The molecule has 2 rings (SSSR count). The van der Waals surface area contributed by atoms with E-state index < -0.39 is 0 Å². The van der Waals surface area contributed by atoms with Gasteiger partial charge in [0.1, 0.15) is 5.75 Å². The number of nitrogens with zero attached hydrogens (tertiary/aromatic N) is 1. The van der Waals surface area contributed by atoms with Gasteiger partial charge in [-0.15, -0.1) is 0 Å². The number of aliphatic imine (C=N–C) groups is 1. The Hall–Kier alpha value is -2.09. The second-order valence-electron chi connectivity index (χ2n) is 4.33. The molecule has 0 saturated heterocycles. The highest BCUT2D eigenvalue weighted by atomic mass is 16.5. The molecule has 0 aliphatic heterocycles. The van der Waals surface area contributed by atoms with Crippen LogP contribution in [0.3, 0.4) is 0 Å². The standard InChI is InChI=1S/C16H17NO/c1-13(2)18-16-10-8-15(9-11-16)17-12-14-6-4-3-5-7-14/h3-13H,1-2H3. The highest BCUT2D eigenvalue weighted by molar-refractivity contribution is 5.81.